The van der Waals surface area contributed by atoms with Crippen LogP contribution in [0, 0.1) is 0 Å². The van der Waals surface area contributed by atoms with Crippen molar-refractivity contribution in [3.8, 4) is 0 Å². The summed E-state index contributed by atoms with van der Waals surface area (Å²) in [5, 5.41) is 7.08. The quantitative estimate of drug-likeness (QED) is 0.881. The molecular weight excluding hydrogens is 272 g/mol. The predicted molar refractivity (Wildman–Crippen MR) is 86.2 cm³/mol. The predicted octanol–water partition coefficient (Wildman–Crippen LogP) is 4.59. The van der Waals surface area contributed by atoms with Gasteiger partial charge < -0.3 is 5.32 Å². The number of thiophene rings is 1. The number of amidine groups is 1. The number of rotatable bonds is 3. The van der Waals surface area contributed by atoms with E-state index in [1.807, 2.05) is 23.1 Å². The van der Waals surface area contributed by atoms with Gasteiger partial charge in [0.25, 0.3) is 0 Å². The number of aliphatic imine (C=N–C) groups is 1. The fourth-order valence-corrected chi connectivity index (χ4v) is 5.16. The van der Waals surface area contributed by atoms with Gasteiger partial charge in [-0.25, -0.2) is 0 Å². The molecule has 2 heterocycles. The van der Waals surface area contributed by atoms with E-state index < -0.39 is 0 Å². The van der Waals surface area contributed by atoms with E-state index in [4.69, 9.17) is 4.99 Å². The molecule has 2 fully saturated rings. The van der Waals surface area contributed by atoms with Crippen molar-refractivity contribution >= 4 is 28.3 Å². The van der Waals surface area contributed by atoms with E-state index in [9.17, 15) is 0 Å². The summed E-state index contributed by atoms with van der Waals surface area (Å²) in [6.45, 7) is 2.23. The largest absolute Gasteiger partial charge is 0.359 e. The van der Waals surface area contributed by atoms with Crippen molar-refractivity contribution in [2.45, 2.75) is 57.0 Å². The fourth-order valence-electron chi connectivity index (χ4n) is 3.05. The van der Waals surface area contributed by atoms with Crippen LogP contribution in [-0.4, -0.2) is 16.5 Å². The molecule has 4 heteroatoms. The first-order valence-electron chi connectivity index (χ1n) is 7.33. The topological polar surface area (TPSA) is 24.4 Å². The van der Waals surface area contributed by atoms with Crippen LogP contribution in [0.1, 0.15) is 56.4 Å². The summed E-state index contributed by atoms with van der Waals surface area (Å²) in [6.07, 6.45) is 7.90. The Labute approximate surface area is 124 Å². The summed E-state index contributed by atoms with van der Waals surface area (Å²) >= 11 is 3.75. The lowest BCUT2D eigenvalue weighted by molar-refractivity contribution is 0.303. The number of nitrogens with one attached hydrogen (secondary N) is 1. The van der Waals surface area contributed by atoms with Crippen LogP contribution in [0.2, 0.25) is 0 Å². The van der Waals surface area contributed by atoms with E-state index in [0.717, 1.165) is 6.42 Å². The van der Waals surface area contributed by atoms with Crippen LogP contribution in [-0.2, 0) is 0 Å². The van der Waals surface area contributed by atoms with Gasteiger partial charge in [-0.15, -0.1) is 11.3 Å². The molecule has 2 nitrogen and oxygen atoms in total. The second-order valence-corrected chi connectivity index (χ2v) is 7.57. The van der Waals surface area contributed by atoms with Gasteiger partial charge >= 0.3 is 0 Å². The van der Waals surface area contributed by atoms with Crippen LogP contribution >= 0.6 is 23.1 Å². The lowest BCUT2D eigenvalue weighted by Crippen LogP contribution is -2.45. The minimum Gasteiger partial charge on any atom is -0.359 e. The maximum atomic E-state index is 4.96. The second-order valence-electron chi connectivity index (χ2n) is 5.63. The molecule has 0 bridgehead atoms. The van der Waals surface area contributed by atoms with Gasteiger partial charge in [0.05, 0.1) is 6.04 Å². The first kappa shape index (κ1) is 13.5. The molecule has 1 unspecified atom stereocenters. The van der Waals surface area contributed by atoms with E-state index in [2.05, 4.69) is 29.8 Å². The van der Waals surface area contributed by atoms with Crippen LogP contribution in [0.3, 0.4) is 0 Å². The molecule has 19 heavy (non-hydrogen) atoms. The standard InChI is InChI=1S/C15H22N2S2/c1-2-12(13-7-6-10-18-13)16-14-17-15(11-19-14)8-4-3-5-9-15/h6-7,10,12H,2-5,8-9,11H2,1H3,(H,16,17). The van der Waals surface area contributed by atoms with Crippen molar-refractivity contribution in [2.75, 3.05) is 5.75 Å². The Morgan fingerprint density at radius 1 is 1.37 bits per heavy atom. The Hall–Kier alpha value is -0.480. The lowest BCUT2D eigenvalue weighted by atomic mass is 9.83. The van der Waals surface area contributed by atoms with E-state index in [0.29, 0.717) is 11.6 Å². The summed E-state index contributed by atoms with van der Waals surface area (Å²) in [6, 6.07) is 4.67. The summed E-state index contributed by atoms with van der Waals surface area (Å²) in [4.78, 5) is 6.36. The zero-order valence-electron chi connectivity index (χ0n) is 11.5. The minimum absolute atomic E-state index is 0.341. The summed E-state index contributed by atoms with van der Waals surface area (Å²) in [7, 11) is 0. The summed E-state index contributed by atoms with van der Waals surface area (Å²) < 4.78 is 0. The van der Waals surface area contributed by atoms with Gasteiger partial charge in [0.15, 0.2) is 5.17 Å². The highest BCUT2D eigenvalue weighted by atomic mass is 32.2. The van der Waals surface area contributed by atoms with Crippen molar-refractivity contribution in [1.82, 2.24) is 5.32 Å². The van der Waals surface area contributed by atoms with Gasteiger partial charge in [-0.05, 0) is 30.7 Å². The SMILES string of the molecule is CCC(N=C1NC2(CCCCC2)CS1)c1cccs1. The minimum atomic E-state index is 0.341. The van der Waals surface area contributed by atoms with Crippen LogP contribution in [0.4, 0.5) is 0 Å². The molecule has 1 spiro atoms. The summed E-state index contributed by atoms with van der Waals surface area (Å²) in [5.41, 5.74) is 0.371. The molecule has 3 rings (SSSR count). The van der Waals surface area contributed by atoms with Crippen LogP contribution < -0.4 is 5.32 Å². The Kier molecular flexibility index (Phi) is 4.18. The molecular formula is C15H22N2S2. The third-order valence-corrected chi connectivity index (χ3v) is 6.35. The van der Waals surface area contributed by atoms with Crippen molar-refractivity contribution in [3.05, 3.63) is 22.4 Å². The zero-order valence-corrected chi connectivity index (χ0v) is 13.2. The number of hydrogen-bond acceptors (Lipinski definition) is 3. The Balaban J connectivity index is 1.70. The molecule has 1 N–H and O–H groups in total. The number of nitrogens with zero attached hydrogens (tertiary/aromatic N) is 1. The fraction of sp³-hybridized carbons (Fsp3) is 0.667. The van der Waals surface area contributed by atoms with Gasteiger partial charge in [0.1, 0.15) is 0 Å². The van der Waals surface area contributed by atoms with Gasteiger partial charge in [-0.2, -0.15) is 0 Å². The van der Waals surface area contributed by atoms with Gasteiger partial charge in [0.2, 0.25) is 0 Å². The van der Waals surface area contributed by atoms with E-state index in [1.165, 1.54) is 47.9 Å². The van der Waals surface area contributed by atoms with Gasteiger partial charge in [-0.3, -0.25) is 4.99 Å². The van der Waals surface area contributed by atoms with Gasteiger partial charge in [-0.1, -0.05) is 44.0 Å². The van der Waals surface area contributed by atoms with E-state index >= 15 is 0 Å². The Morgan fingerprint density at radius 3 is 2.89 bits per heavy atom. The average molecular weight is 294 g/mol. The average Bonchev–Trinajstić information content (AvgIpc) is 3.08. The molecule has 1 aromatic heterocycles. The molecule has 1 aliphatic carbocycles. The molecule has 0 amide bonds. The maximum absolute atomic E-state index is 4.96. The van der Waals surface area contributed by atoms with Crippen LogP contribution in [0.5, 0.6) is 0 Å². The molecule has 1 aromatic rings. The molecule has 1 saturated carbocycles. The highest BCUT2D eigenvalue weighted by Crippen LogP contribution is 2.37. The molecule has 1 saturated heterocycles. The lowest BCUT2D eigenvalue weighted by Gasteiger charge is -2.32. The van der Waals surface area contributed by atoms with Crippen LogP contribution in [0.15, 0.2) is 22.5 Å². The van der Waals surface area contributed by atoms with E-state index in [-0.39, 0.29) is 0 Å². The Morgan fingerprint density at radius 2 is 2.21 bits per heavy atom. The smallest absolute Gasteiger partial charge is 0.157 e. The monoisotopic (exact) mass is 294 g/mol. The van der Waals surface area contributed by atoms with Crippen molar-refractivity contribution in [2.24, 2.45) is 4.99 Å². The first-order valence-corrected chi connectivity index (χ1v) is 9.20. The zero-order chi connectivity index (χ0) is 13.1. The normalized spacial score (nSPS) is 25.6. The molecule has 1 aliphatic heterocycles. The van der Waals surface area contributed by atoms with Crippen molar-refractivity contribution in [3.63, 3.8) is 0 Å². The molecule has 104 valence electrons. The highest BCUT2D eigenvalue weighted by Gasteiger charge is 2.38. The van der Waals surface area contributed by atoms with Crippen LogP contribution in [0.25, 0.3) is 0 Å². The number of thioether (sulfide) groups is 1. The second kappa shape index (κ2) is 5.88. The third-order valence-electron chi connectivity index (χ3n) is 4.20. The maximum Gasteiger partial charge on any atom is 0.157 e. The molecule has 0 radical (unpaired) electrons. The molecule has 1 atom stereocenters. The number of hydrogen-bond donors (Lipinski definition) is 1. The van der Waals surface area contributed by atoms with Crippen molar-refractivity contribution in [1.29, 1.82) is 0 Å². The summed E-state index contributed by atoms with van der Waals surface area (Å²) in [5.74, 6) is 1.21. The first-order chi connectivity index (χ1) is 9.31. The van der Waals surface area contributed by atoms with Crippen molar-refractivity contribution < 1.29 is 0 Å². The van der Waals surface area contributed by atoms with E-state index in [1.54, 1.807) is 0 Å². The Bertz CT molecular complexity index is 433. The highest BCUT2D eigenvalue weighted by molar-refractivity contribution is 8.14. The third kappa shape index (κ3) is 3.00. The molecule has 0 aromatic carbocycles. The van der Waals surface area contributed by atoms with Gasteiger partial charge in [0, 0.05) is 16.2 Å². The molecule has 2 aliphatic rings.